The molecule has 0 radical (unpaired) electrons. The number of carbonyl (C=O) groups excluding carboxylic acids is 1. The van der Waals surface area contributed by atoms with E-state index < -0.39 is 0 Å². The maximum absolute atomic E-state index is 12.3. The minimum Gasteiger partial charge on any atom is -0.461 e. The van der Waals surface area contributed by atoms with Gasteiger partial charge in [0, 0.05) is 19.6 Å². The monoisotopic (exact) mass is 373 g/mol. The Kier molecular flexibility index (Phi) is 6.34. The van der Waals surface area contributed by atoms with Gasteiger partial charge in [-0.15, -0.1) is 10.2 Å². The fourth-order valence-electron chi connectivity index (χ4n) is 3.20. The van der Waals surface area contributed by atoms with Crippen molar-refractivity contribution in [3.63, 3.8) is 0 Å². The highest BCUT2D eigenvalue weighted by Crippen LogP contribution is 2.35. The number of aromatic nitrogens is 3. The number of hydrogen-bond acceptors (Lipinski definition) is 6. The number of rotatable bonds is 7. The quantitative estimate of drug-likeness (QED) is 0.690. The summed E-state index contributed by atoms with van der Waals surface area (Å²) in [7, 11) is 1.72. The van der Waals surface area contributed by atoms with Crippen molar-refractivity contribution in [1.82, 2.24) is 19.7 Å². The first-order chi connectivity index (χ1) is 12.7. The first kappa shape index (κ1) is 18.5. The van der Waals surface area contributed by atoms with Gasteiger partial charge in [0.2, 0.25) is 11.7 Å². The molecule has 2 heterocycles. The Morgan fingerprint density at radius 1 is 1.42 bits per heavy atom. The van der Waals surface area contributed by atoms with Gasteiger partial charge in [0.25, 0.3) is 0 Å². The lowest BCUT2D eigenvalue weighted by Gasteiger charge is -2.25. The molecule has 0 spiro atoms. The molecule has 2 aromatic heterocycles. The molecule has 8 heteroatoms. The summed E-state index contributed by atoms with van der Waals surface area (Å²) in [5.41, 5.74) is 0. The first-order valence-electron chi connectivity index (χ1n) is 8.93. The second kappa shape index (κ2) is 8.90. The highest BCUT2D eigenvalue weighted by atomic mass is 32.2. The van der Waals surface area contributed by atoms with Gasteiger partial charge in [0.05, 0.1) is 24.5 Å². The van der Waals surface area contributed by atoms with Crippen LogP contribution in [0, 0.1) is 11.3 Å². The zero-order chi connectivity index (χ0) is 18.4. The molecule has 7 nitrogen and oxygen atoms in total. The number of nitrogens with zero attached hydrogens (tertiary/aromatic N) is 5. The molecule has 26 heavy (non-hydrogen) atoms. The van der Waals surface area contributed by atoms with Crippen molar-refractivity contribution < 1.29 is 9.21 Å². The second-order valence-electron chi connectivity index (χ2n) is 6.46. The maximum atomic E-state index is 12.3. The molecule has 1 fully saturated rings. The molecule has 0 bridgehead atoms. The van der Waals surface area contributed by atoms with Crippen molar-refractivity contribution in [3.05, 3.63) is 18.4 Å². The smallest absolute Gasteiger partial charge is 0.232 e. The van der Waals surface area contributed by atoms with Crippen molar-refractivity contribution in [1.29, 1.82) is 5.26 Å². The van der Waals surface area contributed by atoms with Gasteiger partial charge in [-0.05, 0) is 25.0 Å². The molecule has 3 rings (SSSR count). The Bertz CT molecular complexity index is 759. The summed E-state index contributed by atoms with van der Waals surface area (Å²) in [6.07, 6.45) is 7.81. The van der Waals surface area contributed by atoms with E-state index in [0.29, 0.717) is 24.8 Å². The molecule has 1 saturated carbocycles. The molecule has 0 N–H and O–H groups in total. The van der Waals surface area contributed by atoms with Crippen LogP contribution in [0.25, 0.3) is 11.6 Å². The van der Waals surface area contributed by atoms with Crippen LogP contribution >= 0.6 is 11.8 Å². The molecule has 138 valence electrons. The van der Waals surface area contributed by atoms with E-state index in [9.17, 15) is 4.79 Å². The van der Waals surface area contributed by atoms with Crippen LogP contribution in [0.15, 0.2) is 28.0 Å². The summed E-state index contributed by atoms with van der Waals surface area (Å²) in [6, 6.07) is 6.13. The third kappa shape index (κ3) is 4.28. The standard InChI is InChI=1S/C18H23N5O2S/c1-22(11-6-10-19)16(24)13-26-18-21-20-17(15-9-5-12-25-15)23(18)14-7-3-2-4-8-14/h5,9,12,14H,2-4,6-8,11,13H2,1H3. The Labute approximate surface area is 157 Å². The zero-order valence-corrected chi connectivity index (χ0v) is 15.7. The van der Waals surface area contributed by atoms with Crippen LogP contribution in [-0.2, 0) is 4.79 Å². The fourth-order valence-corrected chi connectivity index (χ4v) is 4.14. The number of nitriles is 1. The Balaban J connectivity index is 1.76. The van der Waals surface area contributed by atoms with E-state index in [0.717, 1.165) is 23.8 Å². The van der Waals surface area contributed by atoms with E-state index in [2.05, 4.69) is 20.8 Å². The maximum Gasteiger partial charge on any atom is 0.232 e. The third-order valence-electron chi connectivity index (χ3n) is 4.66. The highest BCUT2D eigenvalue weighted by molar-refractivity contribution is 7.99. The molecule has 0 aliphatic heterocycles. The summed E-state index contributed by atoms with van der Waals surface area (Å²) >= 11 is 1.40. The number of carbonyl (C=O) groups is 1. The molecule has 0 saturated heterocycles. The summed E-state index contributed by atoms with van der Waals surface area (Å²) in [5.74, 6) is 1.70. The Hall–Kier alpha value is -2.27. The second-order valence-corrected chi connectivity index (χ2v) is 7.40. The van der Waals surface area contributed by atoms with E-state index in [4.69, 9.17) is 9.68 Å². The predicted molar refractivity (Wildman–Crippen MR) is 98.4 cm³/mol. The van der Waals surface area contributed by atoms with Crippen LogP contribution in [-0.4, -0.2) is 44.9 Å². The van der Waals surface area contributed by atoms with Gasteiger partial charge < -0.3 is 9.32 Å². The van der Waals surface area contributed by atoms with Crippen LogP contribution < -0.4 is 0 Å². The van der Waals surface area contributed by atoms with Crippen molar-refractivity contribution in [3.8, 4) is 17.7 Å². The third-order valence-corrected chi connectivity index (χ3v) is 5.58. The molecule has 0 atom stereocenters. The van der Waals surface area contributed by atoms with E-state index in [1.807, 2.05) is 12.1 Å². The minimum absolute atomic E-state index is 0.0111. The Morgan fingerprint density at radius 3 is 2.92 bits per heavy atom. The van der Waals surface area contributed by atoms with Gasteiger partial charge in [0.15, 0.2) is 10.9 Å². The normalized spacial score (nSPS) is 14.9. The topological polar surface area (TPSA) is 87.9 Å². The lowest BCUT2D eigenvalue weighted by atomic mass is 9.95. The number of furan rings is 1. The largest absolute Gasteiger partial charge is 0.461 e. The van der Waals surface area contributed by atoms with Gasteiger partial charge in [-0.2, -0.15) is 5.26 Å². The predicted octanol–water partition coefficient (Wildman–Crippen LogP) is 3.51. The molecule has 1 aliphatic carbocycles. The van der Waals surface area contributed by atoms with Crippen LogP contribution in [0.4, 0.5) is 0 Å². The number of amides is 1. The molecular weight excluding hydrogens is 350 g/mol. The van der Waals surface area contributed by atoms with Crippen molar-refractivity contribution in [2.24, 2.45) is 0 Å². The van der Waals surface area contributed by atoms with Crippen LogP contribution in [0.1, 0.15) is 44.6 Å². The van der Waals surface area contributed by atoms with E-state index in [1.54, 1.807) is 18.2 Å². The molecule has 1 amide bonds. The molecule has 2 aromatic rings. The van der Waals surface area contributed by atoms with Gasteiger partial charge >= 0.3 is 0 Å². The number of thioether (sulfide) groups is 1. The van der Waals surface area contributed by atoms with E-state index in [1.165, 1.54) is 31.0 Å². The van der Waals surface area contributed by atoms with Crippen LogP contribution in [0.2, 0.25) is 0 Å². The lowest BCUT2D eigenvalue weighted by molar-refractivity contribution is -0.127. The average Bonchev–Trinajstić information content (AvgIpc) is 3.34. The van der Waals surface area contributed by atoms with Crippen molar-refractivity contribution >= 4 is 17.7 Å². The lowest BCUT2D eigenvalue weighted by Crippen LogP contribution is -2.29. The van der Waals surface area contributed by atoms with E-state index in [-0.39, 0.29) is 11.7 Å². The van der Waals surface area contributed by atoms with Crippen molar-refractivity contribution in [2.45, 2.75) is 49.7 Å². The highest BCUT2D eigenvalue weighted by Gasteiger charge is 2.25. The van der Waals surface area contributed by atoms with Gasteiger partial charge in [-0.25, -0.2) is 0 Å². The first-order valence-corrected chi connectivity index (χ1v) is 9.91. The Morgan fingerprint density at radius 2 is 2.23 bits per heavy atom. The SMILES string of the molecule is CN(CCC#N)C(=O)CSc1nnc(-c2ccco2)n1C1CCCCC1. The van der Waals surface area contributed by atoms with Crippen LogP contribution in [0.3, 0.4) is 0 Å². The minimum atomic E-state index is -0.0111. The summed E-state index contributed by atoms with van der Waals surface area (Å²) in [6.45, 7) is 0.447. The van der Waals surface area contributed by atoms with Crippen LogP contribution in [0.5, 0.6) is 0 Å². The summed E-state index contributed by atoms with van der Waals surface area (Å²) in [4.78, 5) is 13.9. The fraction of sp³-hybridized carbons (Fsp3) is 0.556. The molecule has 1 aliphatic rings. The average molecular weight is 373 g/mol. The summed E-state index contributed by atoms with van der Waals surface area (Å²) < 4.78 is 7.68. The van der Waals surface area contributed by atoms with Gasteiger partial charge in [-0.1, -0.05) is 31.0 Å². The summed E-state index contributed by atoms with van der Waals surface area (Å²) in [5, 5.41) is 18.1. The molecular formula is C18H23N5O2S. The van der Waals surface area contributed by atoms with Crippen molar-refractivity contribution in [2.75, 3.05) is 19.3 Å². The molecule has 0 aromatic carbocycles. The van der Waals surface area contributed by atoms with E-state index >= 15 is 0 Å². The zero-order valence-electron chi connectivity index (χ0n) is 14.9. The number of hydrogen-bond donors (Lipinski definition) is 0. The van der Waals surface area contributed by atoms with Gasteiger partial charge in [-0.3, -0.25) is 9.36 Å². The molecule has 0 unspecified atom stereocenters. The van der Waals surface area contributed by atoms with Gasteiger partial charge in [0.1, 0.15) is 0 Å².